The van der Waals surface area contributed by atoms with Crippen molar-refractivity contribution in [2.45, 2.75) is 20.1 Å². The molecule has 0 radical (unpaired) electrons. The molecule has 0 aliphatic rings. The monoisotopic (exact) mass is 173 g/mol. The van der Waals surface area contributed by atoms with E-state index in [4.69, 9.17) is 21.0 Å². The number of aryl methyl sites for hydroxylation is 2. The first-order valence-corrected chi connectivity index (χ1v) is 3.15. The second-order valence-corrected chi connectivity index (χ2v) is 2.16. The van der Waals surface area contributed by atoms with Crippen LogP contribution in [-0.2, 0) is 6.37 Å². The Hall–Kier alpha value is -0.865. The molecule has 0 saturated heterocycles. The van der Waals surface area contributed by atoms with E-state index >= 15 is 0 Å². The van der Waals surface area contributed by atoms with Gasteiger partial charge in [-0.2, -0.15) is 0 Å². The molecule has 3 nitrogen and oxygen atoms in total. The maximum absolute atomic E-state index is 8.99. The van der Waals surface area contributed by atoms with E-state index in [2.05, 4.69) is 4.98 Å². The number of pyridine rings is 1. The minimum absolute atomic E-state index is 0.263. The van der Waals surface area contributed by atoms with Crippen LogP contribution in [0.3, 0.4) is 0 Å². The van der Waals surface area contributed by atoms with Gasteiger partial charge in [-0.15, -0.1) is 0 Å². The van der Waals surface area contributed by atoms with Gasteiger partial charge < -0.3 is 10.0 Å². The van der Waals surface area contributed by atoms with Crippen LogP contribution in [0.25, 0.3) is 0 Å². The number of nitrogens with zero attached hydrogens (tertiary/aromatic N) is 1. The fourth-order valence-electron chi connectivity index (χ4n) is 0.722. The van der Waals surface area contributed by atoms with Crippen LogP contribution in [0.15, 0.2) is 12.3 Å². The zero-order chi connectivity index (χ0) is 15.9. The van der Waals surface area contributed by atoms with Crippen molar-refractivity contribution < 1.29 is 21.0 Å². The third-order valence-electron chi connectivity index (χ3n) is 1.33. The predicted molar refractivity (Wildman–Crippen MR) is 48.2 cm³/mol. The molecule has 0 saturated carbocycles. The van der Waals surface area contributed by atoms with Crippen molar-refractivity contribution in [3.63, 3.8) is 0 Å². The van der Waals surface area contributed by atoms with Crippen molar-refractivity contribution >= 4 is 12.6 Å². The summed E-state index contributed by atoms with van der Waals surface area (Å²) >= 11 is 0. The summed E-state index contributed by atoms with van der Waals surface area (Å²) in [6, 6.07) is 0.823. The average molecular weight is 173 g/mol. The second-order valence-electron chi connectivity index (χ2n) is 2.16. The topological polar surface area (TPSA) is 53.4 Å². The minimum atomic E-state index is -3.11. The van der Waals surface area contributed by atoms with Crippen molar-refractivity contribution in [2.75, 3.05) is 0 Å². The summed E-state index contributed by atoms with van der Waals surface area (Å²) in [5, 5.41) is 18.0. The summed E-state index contributed by atoms with van der Waals surface area (Å²) in [4.78, 5) is 3.49. The Morgan fingerprint density at radius 2 is 2.58 bits per heavy atom. The average Bonchev–Trinajstić information content (AvgIpc) is 2.25. The van der Waals surface area contributed by atoms with Gasteiger partial charge in [-0.1, -0.05) is 12.9 Å². The van der Waals surface area contributed by atoms with E-state index < -0.39 is 38.5 Å². The maximum Gasteiger partial charge on any atom is 0.490 e. The molecule has 0 fully saturated rings. The van der Waals surface area contributed by atoms with Gasteiger partial charge in [0.25, 0.3) is 0 Å². The molecule has 64 valence electrons. The van der Waals surface area contributed by atoms with Gasteiger partial charge in [0.15, 0.2) is 0 Å². The summed E-state index contributed by atoms with van der Waals surface area (Å²) in [7, 11) is -1.99. The van der Waals surface area contributed by atoms with Crippen molar-refractivity contribution in [1.29, 1.82) is 0 Å². The largest absolute Gasteiger partial charge is 0.490 e. The SMILES string of the molecule is [2H]C([2H])([2H])c1cc(B(O)O)cnc1C([2H])([2H])C([2H])([2H])[2H]. The molecule has 1 heterocycles. The van der Waals surface area contributed by atoms with E-state index in [1.807, 2.05) is 0 Å². The summed E-state index contributed by atoms with van der Waals surface area (Å²) < 4.78 is 58.6. The highest BCUT2D eigenvalue weighted by Gasteiger charge is 2.11. The Labute approximate surface area is 83.5 Å². The first-order chi connectivity index (χ1) is 8.78. The molecule has 0 bridgehead atoms. The molecule has 0 unspecified atom stereocenters. The fraction of sp³-hybridized carbons (Fsp3) is 0.375. The predicted octanol–water partition coefficient (Wildman–Crippen LogP) is -0.368. The minimum Gasteiger partial charge on any atom is -0.423 e. The fourth-order valence-corrected chi connectivity index (χ4v) is 0.722. The van der Waals surface area contributed by atoms with Crippen LogP contribution in [0.5, 0.6) is 0 Å². The van der Waals surface area contributed by atoms with E-state index in [1.165, 1.54) is 0 Å². The van der Waals surface area contributed by atoms with Gasteiger partial charge in [0, 0.05) is 28.3 Å². The number of hydrogen-bond donors (Lipinski definition) is 2. The Bertz CT molecular complexity index is 498. The first kappa shape index (κ1) is 3.12. The van der Waals surface area contributed by atoms with E-state index in [-0.39, 0.29) is 5.46 Å². The van der Waals surface area contributed by atoms with Crippen molar-refractivity contribution in [3.05, 3.63) is 23.5 Å². The number of hydrogen-bond acceptors (Lipinski definition) is 3. The Kier molecular flexibility index (Phi) is 0.961. The first-order valence-electron chi connectivity index (χ1n) is 7.15. The van der Waals surface area contributed by atoms with Crippen LogP contribution < -0.4 is 5.46 Å². The van der Waals surface area contributed by atoms with Gasteiger partial charge in [-0.25, -0.2) is 0 Å². The van der Waals surface area contributed by atoms with Crippen LogP contribution >= 0.6 is 0 Å². The van der Waals surface area contributed by atoms with Crippen molar-refractivity contribution in [2.24, 2.45) is 0 Å². The lowest BCUT2D eigenvalue weighted by Crippen LogP contribution is -2.30. The van der Waals surface area contributed by atoms with Gasteiger partial charge >= 0.3 is 7.12 Å². The quantitative estimate of drug-likeness (QED) is 0.600. The lowest BCUT2D eigenvalue weighted by molar-refractivity contribution is 0.425. The lowest BCUT2D eigenvalue weighted by atomic mass is 9.81. The molecule has 4 heteroatoms. The summed E-state index contributed by atoms with van der Waals surface area (Å²) in [5.41, 5.74) is -1.69. The van der Waals surface area contributed by atoms with Crippen LogP contribution in [0.2, 0.25) is 0 Å². The molecule has 0 aliphatic carbocycles. The molecule has 0 atom stereocenters. The zero-order valence-electron chi connectivity index (χ0n) is 14.1. The third kappa shape index (κ3) is 1.84. The van der Waals surface area contributed by atoms with Gasteiger partial charge in [-0.3, -0.25) is 4.98 Å². The molecule has 0 amide bonds. The van der Waals surface area contributed by atoms with Gasteiger partial charge in [-0.05, 0) is 18.8 Å². The third-order valence-corrected chi connectivity index (χ3v) is 1.33. The van der Waals surface area contributed by atoms with Crippen LogP contribution in [0, 0.1) is 6.85 Å². The van der Waals surface area contributed by atoms with Crippen LogP contribution in [0.4, 0.5) is 0 Å². The summed E-state index contributed by atoms with van der Waals surface area (Å²) in [6.45, 7) is -5.95. The molecular weight excluding hydrogens is 153 g/mol. The molecular formula is C8H12BNO2. The van der Waals surface area contributed by atoms with Gasteiger partial charge in [0.05, 0.1) is 0 Å². The van der Waals surface area contributed by atoms with E-state index in [1.54, 1.807) is 0 Å². The molecule has 0 spiro atoms. The van der Waals surface area contributed by atoms with Crippen LogP contribution in [-0.4, -0.2) is 22.2 Å². The molecule has 0 aromatic carbocycles. The molecule has 12 heavy (non-hydrogen) atoms. The molecule has 1 rings (SSSR count). The van der Waals surface area contributed by atoms with E-state index in [9.17, 15) is 0 Å². The van der Waals surface area contributed by atoms with Gasteiger partial charge in [0.2, 0.25) is 0 Å². The van der Waals surface area contributed by atoms with Crippen molar-refractivity contribution in [3.8, 4) is 0 Å². The highest BCUT2D eigenvalue weighted by atomic mass is 16.4. The molecule has 1 aromatic heterocycles. The molecule has 0 aliphatic heterocycles. The van der Waals surface area contributed by atoms with Crippen LogP contribution in [0.1, 0.15) is 29.1 Å². The van der Waals surface area contributed by atoms with Gasteiger partial charge in [0.1, 0.15) is 0 Å². The lowest BCUT2D eigenvalue weighted by Gasteiger charge is -2.04. The highest BCUT2D eigenvalue weighted by molar-refractivity contribution is 6.58. The molecule has 1 aromatic rings. The van der Waals surface area contributed by atoms with Crippen molar-refractivity contribution in [1.82, 2.24) is 4.98 Å². The normalized spacial score (nSPS) is 23.2. The Morgan fingerprint density at radius 1 is 1.75 bits per heavy atom. The summed E-state index contributed by atoms with van der Waals surface area (Å²) in [6.07, 6.45) is -2.14. The zero-order valence-corrected chi connectivity index (χ0v) is 6.07. The summed E-state index contributed by atoms with van der Waals surface area (Å²) in [5.74, 6) is 0. The molecule has 2 N–H and O–H groups in total. The Balaban J connectivity index is 3.56. The number of rotatable bonds is 2. The Morgan fingerprint density at radius 3 is 3.17 bits per heavy atom. The standard InChI is InChI=1S/C8H12BNO2/c1-3-8-6(2)4-7(5-10-8)9(11)12/h4-5,11-12H,3H2,1-2H3/i1D3,2D3,3D2. The van der Waals surface area contributed by atoms with E-state index in [0.717, 1.165) is 12.3 Å². The second kappa shape index (κ2) is 3.69. The smallest absolute Gasteiger partial charge is 0.423 e. The highest BCUT2D eigenvalue weighted by Crippen LogP contribution is 2.01. The maximum atomic E-state index is 8.99. The number of aromatic nitrogens is 1. The van der Waals surface area contributed by atoms with E-state index in [0.29, 0.717) is 0 Å².